The second-order valence-electron chi connectivity index (χ2n) is 7.50. The quantitative estimate of drug-likeness (QED) is 0.390. The van der Waals surface area contributed by atoms with E-state index in [4.69, 9.17) is 4.74 Å². The van der Waals surface area contributed by atoms with Crippen LogP contribution in [0.3, 0.4) is 0 Å². The Balaban J connectivity index is 1.63. The molecule has 0 radical (unpaired) electrons. The number of ether oxygens (including phenoxy) is 1. The lowest BCUT2D eigenvalue weighted by Crippen LogP contribution is -2.31. The van der Waals surface area contributed by atoms with Crippen LogP contribution in [0, 0.1) is 10.1 Å². The first-order valence-electron chi connectivity index (χ1n) is 9.97. The van der Waals surface area contributed by atoms with Crippen LogP contribution in [-0.2, 0) is 16.2 Å². The number of nitrogens with one attached hydrogen (secondary N) is 2. The van der Waals surface area contributed by atoms with Gasteiger partial charge in [-0.25, -0.2) is 13.1 Å². The molecule has 0 unspecified atom stereocenters. The van der Waals surface area contributed by atoms with Gasteiger partial charge in [0.1, 0.15) is 6.61 Å². The minimum atomic E-state index is -4.52. The van der Waals surface area contributed by atoms with Crippen molar-refractivity contribution in [1.29, 1.82) is 0 Å². The lowest BCUT2D eigenvalue weighted by Gasteiger charge is -2.28. The number of amides is 1. The second-order valence-corrected chi connectivity index (χ2v) is 9.18. The molecule has 0 fully saturated rings. The van der Waals surface area contributed by atoms with Crippen LogP contribution in [0.5, 0.6) is 5.75 Å². The van der Waals surface area contributed by atoms with E-state index in [9.17, 15) is 36.5 Å². The molecule has 1 amide bonds. The molecule has 2 N–H and O–H groups in total. The molecule has 0 spiro atoms. The van der Waals surface area contributed by atoms with Crippen molar-refractivity contribution in [1.82, 2.24) is 4.72 Å². The first kappa shape index (κ1) is 24.0. The third kappa shape index (κ3) is 5.04. The summed E-state index contributed by atoms with van der Waals surface area (Å²) >= 11 is 0. The maximum absolute atomic E-state index is 12.8. The Bertz CT molecular complexity index is 1390. The zero-order valence-corrected chi connectivity index (χ0v) is 18.4. The zero-order valence-electron chi connectivity index (χ0n) is 17.6. The third-order valence-corrected chi connectivity index (χ3v) is 6.50. The largest absolute Gasteiger partial charge is 0.489 e. The van der Waals surface area contributed by atoms with Crippen LogP contribution in [0.4, 0.5) is 24.5 Å². The highest BCUT2D eigenvalue weighted by molar-refractivity contribution is 7.90. The molecular weight excluding hydrogens is 491 g/mol. The predicted molar refractivity (Wildman–Crippen MR) is 117 cm³/mol. The molecule has 3 aromatic rings. The number of hydrogen-bond donors (Lipinski definition) is 2. The van der Waals surface area contributed by atoms with Gasteiger partial charge in [-0.15, -0.1) is 0 Å². The van der Waals surface area contributed by atoms with E-state index in [-0.39, 0.29) is 23.6 Å². The van der Waals surface area contributed by atoms with Gasteiger partial charge in [0.05, 0.1) is 21.4 Å². The summed E-state index contributed by atoms with van der Waals surface area (Å²) in [6.07, 6.45) is -4.52. The van der Waals surface area contributed by atoms with Crippen LogP contribution in [0.15, 0.2) is 71.6 Å². The average molecular weight is 507 g/mol. The van der Waals surface area contributed by atoms with Crippen molar-refractivity contribution in [3.05, 3.63) is 93.5 Å². The fourth-order valence-corrected chi connectivity index (χ4v) is 4.45. The smallest absolute Gasteiger partial charge is 0.416 e. The number of rotatable bonds is 5. The maximum Gasteiger partial charge on any atom is 0.416 e. The number of fused-ring (bicyclic) bond motifs is 1. The molecule has 3 aromatic carbocycles. The van der Waals surface area contributed by atoms with Gasteiger partial charge in [-0.2, -0.15) is 13.2 Å². The van der Waals surface area contributed by atoms with Crippen LogP contribution in [0.25, 0.3) is 0 Å². The van der Waals surface area contributed by atoms with Gasteiger partial charge in [0.15, 0.2) is 11.4 Å². The summed E-state index contributed by atoms with van der Waals surface area (Å²) in [6.45, 7) is -0.143. The molecule has 0 aromatic heterocycles. The van der Waals surface area contributed by atoms with Crippen molar-refractivity contribution >= 4 is 27.3 Å². The Hall–Kier alpha value is -4.13. The van der Waals surface area contributed by atoms with Crippen molar-refractivity contribution < 1.29 is 36.0 Å². The number of hydrogen-bond acceptors (Lipinski definition) is 7. The van der Waals surface area contributed by atoms with Gasteiger partial charge >= 0.3 is 6.18 Å². The van der Waals surface area contributed by atoms with Crippen molar-refractivity contribution in [3.63, 3.8) is 0 Å². The fraction of sp³-hybridized carbons (Fsp3) is 0.136. The van der Waals surface area contributed by atoms with E-state index in [1.165, 1.54) is 36.4 Å². The summed E-state index contributed by atoms with van der Waals surface area (Å²) in [5, 5.41) is 14.5. The molecular formula is C22H16F3N3O6S. The summed E-state index contributed by atoms with van der Waals surface area (Å²) < 4.78 is 71.4. The van der Waals surface area contributed by atoms with E-state index in [0.717, 1.165) is 24.3 Å². The number of benzene rings is 3. The van der Waals surface area contributed by atoms with Crippen LogP contribution in [0.2, 0.25) is 0 Å². The van der Waals surface area contributed by atoms with Gasteiger partial charge in [-0.1, -0.05) is 30.3 Å². The van der Waals surface area contributed by atoms with E-state index in [2.05, 4.69) is 5.32 Å². The Kier molecular flexibility index (Phi) is 6.11. The summed E-state index contributed by atoms with van der Waals surface area (Å²) in [5.41, 5.74) is -1.19. The minimum absolute atomic E-state index is 0.0702. The van der Waals surface area contributed by atoms with Crippen LogP contribution >= 0.6 is 0 Å². The van der Waals surface area contributed by atoms with Gasteiger partial charge in [0.2, 0.25) is 0 Å². The number of sulfonamides is 1. The number of nitrogens with zero attached hydrogens (tertiary/aromatic N) is 1. The van der Waals surface area contributed by atoms with Crippen molar-refractivity contribution in [2.24, 2.45) is 0 Å². The van der Waals surface area contributed by atoms with E-state index in [0.29, 0.717) is 5.56 Å². The Morgan fingerprint density at radius 1 is 1.09 bits per heavy atom. The first-order chi connectivity index (χ1) is 16.5. The number of nitro benzene ring substituents is 1. The number of halogens is 3. The molecule has 13 heteroatoms. The monoisotopic (exact) mass is 507 g/mol. The molecule has 0 saturated carbocycles. The highest BCUT2D eigenvalue weighted by atomic mass is 32.2. The molecule has 1 heterocycles. The maximum atomic E-state index is 12.8. The Morgan fingerprint density at radius 2 is 1.74 bits per heavy atom. The molecule has 0 aliphatic carbocycles. The summed E-state index contributed by atoms with van der Waals surface area (Å²) in [4.78, 5) is 22.6. The lowest BCUT2D eigenvalue weighted by molar-refractivity contribution is -0.384. The van der Waals surface area contributed by atoms with E-state index in [1.54, 1.807) is 6.07 Å². The summed E-state index contributed by atoms with van der Waals surface area (Å²) in [5.74, 6) is -1.08. The van der Waals surface area contributed by atoms with Crippen LogP contribution in [0.1, 0.15) is 27.5 Å². The van der Waals surface area contributed by atoms with Crippen molar-refractivity contribution in [3.8, 4) is 5.75 Å². The standard InChI is InChI=1S/C22H16F3N3O6S/c23-22(24,25)15-8-6-13(7-9-15)17-12-34-19-11-16(10-18(28(30)31)20(19)26-17)35(32,33)27-21(29)14-4-2-1-3-5-14/h1-11,17,26H,12H2,(H,27,29)/t17-/m1/s1. The molecule has 0 saturated heterocycles. The number of nitro groups is 1. The lowest BCUT2D eigenvalue weighted by atomic mass is 10.0. The van der Waals surface area contributed by atoms with E-state index >= 15 is 0 Å². The van der Waals surface area contributed by atoms with Gasteiger partial charge < -0.3 is 10.1 Å². The van der Waals surface area contributed by atoms with Gasteiger partial charge in [-0.05, 0) is 29.8 Å². The highest BCUT2D eigenvalue weighted by Crippen LogP contribution is 2.42. The first-order valence-corrected chi connectivity index (χ1v) is 11.4. The molecule has 9 nitrogen and oxygen atoms in total. The second kappa shape index (κ2) is 8.91. The topological polar surface area (TPSA) is 128 Å². The Labute approximate surface area is 196 Å². The number of alkyl halides is 3. The SMILES string of the molecule is O=C(NS(=O)(=O)c1cc2c(c([N+](=O)[O-])c1)N[C@@H](c1ccc(C(F)(F)F)cc1)CO2)c1ccccc1. The molecule has 1 aliphatic rings. The molecule has 1 aliphatic heterocycles. The Morgan fingerprint density at radius 3 is 2.34 bits per heavy atom. The molecule has 4 rings (SSSR count). The summed E-state index contributed by atoms with van der Waals surface area (Å²) in [7, 11) is -4.50. The van der Waals surface area contributed by atoms with E-state index in [1.807, 2.05) is 4.72 Å². The number of anilines is 1. The number of carbonyl (C=O) groups is 1. The van der Waals surface area contributed by atoms with Gasteiger partial charge in [0, 0.05) is 17.7 Å². The average Bonchev–Trinajstić information content (AvgIpc) is 2.82. The molecule has 1 atom stereocenters. The minimum Gasteiger partial charge on any atom is -0.489 e. The highest BCUT2D eigenvalue weighted by Gasteiger charge is 2.33. The zero-order chi connectivity index (χ0) is 25.4. The van der Waals surface area contributed by atoms with Crippen LogP contribution in [-0.4, -0.2) is 25.9 Å². The molecule has 182 valence electrons. The van der Waals surface area contributed by atoms with Gasteiger partial charge in [0.25, 0.3) is 21.6 Å². The van der Waals surface area contributed by atoms with Gasteiger partial charge in [-0.3, -0.25) is 14.9 Å². The normalized spacial score (nSPS) is 15.3. The predicted octanol–water partition coefficient (Wildman–Crippen LogP) is 4.28. The number of carbonyl (C=O) groups excluding carboxylic acids is 1. The van der Waals surface area contributed by atoms with Crippen molar-refractivity contribution in [2.75, 3.05) is 11.9 Å². The van der Waals surface area contributed by atoms with Crippen LogP contribution < -0.4 is 14.8 Å². The van der Waals surface area contributed by atoms with Crippen molar-refractivity contribution in [2.45, 2.75) is 17.1 Å². The summed E-state index contributed by atoms with van der Waals surface area (Å²) in [6, 6.07) is 12.8. The molecule has 0 bridgehead atoms. The fourth-order valence-electron chi connectivity index (χ4n) is 3.44. The third-order valence-electron chi connectivity index (χ3n) is 5.19. The molecule has 35 heavy (non-hydrogen) atoms. The van der Waals surface area contributed by atoms with E-state index < -0.39 is 49.2 Å².